The summed E-state index contributed by atoms with van der Waals surface area (Å²) in [5.41, 5.74) is 1.75. The summed E-state index contributed by atoms with van der Waals surface area (Å²) in [6.45, 7) is 1.84. The first-order valence-corrected chi connectivity index (χ1v) is 6.38. The van der Waals surface area contributed by atoms with Gasteiger partial charge in [-0.3, -0.25) is 4.79 Å². The van der Waals surface area contributed by atoms with Gasteiger partial charge in [-0.05, 0) is 12.5 Å². The number of aromatic nitrogens is 1. The van der Waals surface area contributed by atoms with Gasteiger partial charge in [0.2, 0.25) is 0 Å². The van der Waals surface area contributed by atoms with E-state index in [1.165, 1.54) is 11.8 Å². The van der Waals surface area contributed by atoms with Gasteiger partial charge in [0.1, 0.15) is 6.26 Å². The Morgan fingerprint density at radius 3 is 2.72 bits per heavy atom. The van der Waals surface area contributed by atoms with Crippen LogP contribution in [0.5, 0.6) is 0 Å². The van der Waals surface area contributed by atoms with Gasteiger partial charge in [-0.25, -0.2) is 4.98 Å². The lowest BCUT2D eigenvalue weighted by Gasteiger charge is -2.12. The predicted octanol–water partition coefficient (Wildman–Crippen LogP) is 3.29. The predicted molar refractivity (Wildman–Crippen MR) is 68.5 cm³/mol. The second kappa shape index (κ2) is 5.73. The molecule has 1 N–H and O–H groups in total. The molecule has 2 rings (SSSR count). The third-order valence-electron chi connectivity index (χ3n) is 2.37. The van der Waals surface area contributed by atoms with E-state index in [0.29, 0.717) is 5.22 Å². The van der Waals surface area contributed by atoms with Crippen LogP contribution in [0, 0.1) is 6.92 Å². The van der Waals surface area contributed by atoms with Gasteiger partial charge in [0, 0.05) is 5.25 Å². The van der Waals surface area contributed by atoms with Gasteiger partial charge >= 0.3 is 5.97 Å². The number of rotatable bonds is 5. The second-order valence-electron chi connectivity index (χ2n) is 3.87. The highest BCUT2D eigenvalue weighted by Crippen LogP contribution is 2.37. The fourth-order valence-corrected chi connectivity index (χ4v) is 2.62. The van der Waals surface area contributed by atoms with Crippen LogP contribution in [0.1, 0.15) is 22.9 Å². The average molecular weight is 263 g/mol. The van der Waals surface area contributed by atoms with Gasteiger partial charge in [-0.15, -0.1) is 0 Å². The molecule has 0 bridgehead atoms. The summed E-state index contributed by atoms with van der Waals surface area (Å²) in [6, 6.07) is 9.52. The quantitative estimate of drug-likeness (QED) is 0.838. The number of thioether (sulfide) groups is 1. The van der Waals surface area contributed by atoms with Crippen LogP contribution in [-0.4, -0.2) is 16.1 Å². The van der Waals surface area contributed by atoms with E-state index in [1.54, 1.807) is 6.26 Å². The van der Waals surface area contributed by atoms with Crippen LogP contribution in [-0.2, 0) is 4.79 Å². The first-order valence-electron chi connectivity index (χ1n) is 5.50. The average Bonchev–Trinajstić information content (AvgIpc) is 2.75. The fourth-order valence-electron chi connectivity index (χ4n) is 1.56. The van der Waals surface area contributed by atoms with Crippen LogP contribution in [0.25, 0.3) is 0 Å². The standard InChI is InChI=1S/C13H13NO3S/c1-9-8-17-13(14-9)18-11(7-12(15)16)10-5-3-2-4-6-10/h2-6,8,11H,7H2,1H3,(H,15,16). The number of carbonyl (C=O) groups is 1. The van der Waals surface area contributed by atoms with Crippen molar-refractivity contribution in [2.75, 3.05) is 0 Å². The van der Waals surface area contributed by atoms with Crippen molar-refractivity contribution >= 4 is 17.7 Å². The zero-order valence-corrected chi connectivity index (χ0v) is 10.7. The molecular formula is C13H13NO3S. The van der Waals surface area contributed by atoms with Gasteiger partial charge in [0.15, 0.2) is 0 Å². The molecule has 1 atom stereocenters. The highest BCUT2D eigenvalue weighted by Gasteiger charge is 2.19. The molecule has 4 nitrogen and oxygen atoms in total. The van der Waals surface area contributed by atoms with Crippen molar-refractivity contribution in [3.63, 3.8) is 0 Å². The molecule has 0 aliphatic heterocycles. The maximum absolute atomic E-state index is 10.9. The fraction of sp³-hybridized carbons (Fsp3) is 0.231. The highest BCUT2D eigenvalue weighted by molar-refractivity contribution is 7.99. The van der Waals surface area contributed by atoms with Crippen LogP contribution in [0.15, 0.2) is 46.2 Å². The van der Waals surface area contributed by atoms with Crippen LogP contribution in [0.4, 0.5) is 0 Å². The highest BCUT2D eigenvalue weighted by atomic mass is 32.2. The number of benzene rings is 1. The Labute approximate surface area is 109 Å². The summed E-state index contributed by atoms with van der Waals surface area (Å²) < 4.78 is 5.26. The molecule has 0 amide bonds. The summed E-state index contributed by atoms with van der Waals surface area (Å²) in [7, 11) is 0. The van der Waals surface area contributed by atoms with Crippen molar-refractivity contribution in [3.8, 4) is 0 Å². The minimum absolute atomic E-state index is 0.0378. The third-order valence-corrected chi connectivity index (χ3v) is 3.48. The molecular weight excluding hydrogens is 250 g/mol. The number of oxazole rings is 1. The minimum atomic E-state index is -0.834. The maximum atomic E-state index is 10.9. The van der Waals surface area contributed by atoms with E-state index in [1.807, 2.05) is 37.3 Å². The van der Waals surface area contributed by atoms with Crippen molar-refractivity contribution in [2.24, 2.45) is 0 Å². The first-order chi connectivity index (χ1) is 8.65. The van der Waals surface area contributed by atoms with E-state index in [9.17, 15) is 4.79 Å². The normalized spacial score (nSPS) is 12.3. The summed E-state index contributed by atoms with van der Waals surface area (Å²) in [5, 5.41) is 9.27. The molecule has 1 unspecified atom stereocenters. The Hall–Kier alpha value is -1.75. The van der Waals surface area contributed by atoms with Crippen LogP contribution < -0.4 is 0 Å². The van der Waals surface area contributed by atoms with Crippen LogP contribution >= 0.6 is 11.8 Å². The molecule has 0 aliphatic carbocycles. The largest absolute Gasteiger partial charge is 0.481 e. The molecule has 1 aromatic heterocycles. The van der Waals surface area contributed by atoms with E-state index < -0.39 is 5.97 Å². The molecule has 0 spiro atoms. The van der Waals surface area contributed by atoms with E-state index in [0.717, 1.165) is 11.3 Å². The maximum Gasteiger partial charge on any atom is 0.304 e. The zero-order chi connectivity index (χ0) is 13.0. The number of carboxylic acids is 1. The molecule has 2 aromatic rings. The van der Waals surface area contributed by atoms with Crippen LogP contribution in [0.3, 0.4) is 0 Å². The summed E-state index contributed by atoms with van der Waals surface area (Å²) in [5.74, 6) is -0.834. The number of aryl methyl sites for hydroxylation is 1. The van der Waals surface area contributed by atoms with Gasteiger partial charge in [-0.2, -0.15) is 0 Å². The molecule has 94 valence electrons. The van der Waals surface area contributed by atoms with E-state index >= 15 is 0 Å². The van der Waals surface area contributed by atoms with Gasteiger partial charge in [0.05, 0.1) is 12.1 Å². The molecule has 0 aliphatic rings. The lowest BCUT2D eigenvalue weighted by atomic mass is 10.1. The first kappa shape index (κ1) is 12.7. The summed E-state index contributed by atoms with van der Waals surface area (Å²) >= 11 is 1.33. The van der Waals surface area contributed by atoms with Crippen LogP contribution in [0.2, 0.25) is 0 Å². The molecule has 0 radical (unpaired) electrons. The van der Waals surface area contributed by atoms with Gasteiger partial charge in [0.25, 0.3) is 5.22 Å². The number of hydrogen-bond acceptors (Lipinski definition) is 4. The number of carboxylic acid groups (broad SMARTS) is 1. The third kappa shape index (κ3) is 3.37. The van der Waals surface area contributed by atoms with Crippen molar-refractivity contribution in [3.05, 3.63) is 47.9 Å². The number of aliphatic carboxylic acids is 1. The number of hydrogen-bond donors (Lipinski definition) is 1. The summed E-state index contributed by atoms with van der Waals surface area (Å²) in [4.78, 5) is 15.1. The monoisotopic (exact) mass is 263 g/mol. The Balaban J connectivity index is 2.18. The topological polar surface area (TPSA) is 63.3 Å². The SMILES string of the molecule is Cc1coc(SC(CC(=O)O)c2ccccc2)n1. The summed E-state index contributed by atoms with van der Waals surface area (Å²) in [6.07, 6.45) is 1.60. The van der Waals surface area contributed by atoms with Crippen molar-refractivity contribution < 1.29 is 14.3 Å². The molecule has 5 heteroatoms. The molecule has 18 heavy (non-hydrogen) atoms. The Morgan fingerprint density at radius 1 is 1.44 bits per heavy atom. The van der Waals surface area contributed by atoms with Gasteiger partial charge < -0.3 is 9.52 Å². The van der Waals surface area contributed by atoms with Crippen molar-refractivity contribution in [1.29, 1.82) is 0 Å². The minimum Gasteiger partial charge on any atom is -0.481 e. The molecule has 1 heterocycles. The molecule has 1 aromatic carbocycles. The molecule has 0 saturated heterocycles. The Morgan fingerprint density at radius 2 is 2.17 bits per heavy atom. The van der Waals surface area contributed by atoms with E-state index in [-0.39, 0.29) is 11.7 Å². The van der Waals surface area contributed by atoms with Crippen molar-refractivity contribution in [1.82, 2.24) is 4.98 Å². The Bertz CT molecular complexity index is 524. The lowest BCUT2D eigenvalue weighted by molar-refractivity contribution is -0.137. The smallest absolute Gasteiger partial charge is 0.304 e. The van der Waals surface area contributed by atoms with E-state index in [2.05, 4.69) is 4.98 Å². The second-order valence-corrected chi connectivity index (χ2v) is 5.02. The van der Waals surface area contributed by atoms with Crippen molar-refractivity contribution in [2.45, 2.75) is 23.8 Å². The zero-order valence-electron chi connectivity index (χ0n) is 9.87. The number of nitrogens with zero attached hydrogens (tertiary/aromatic N) is 1. The molecule has 0 saturated carbocycles. The Kier molecular flexibility index (Phi) is 4.04. The van der Waals surface area contributed by atoms with Gasteiger partial charge in [-0.1, -0.05) is 42.1 Å². The molecule has 0 fully saturated rings. The lowest BCUT2D eigenvalue weighted by Crippen LogP contribution is -2.03. The van der Waals surface area contributed by atoms with E-state index in [4.69, 9.17) is 9.52 Å².